The van der Waals surface area contributed by atoms with Gasteiger partial charge in [0, 0.05) is 27.8 Å². The van der Waals surface area contributed by atoms with Gasteiger partial charge in [0.15, 0.2) is 17.5 Å². The van der Waals surface area contributed by atoms with Crippen molar-refractivity contribution < 1.29 is 4.74 Å². The highest BCUT2D eigenvalue weighted by Crippen LogP contribution is 2.57. The van der Waals surface area contributed by atoms with Crippen LogP contribution < -0.4 is 4.74 Å². The Morgan fingerprint density at radius 1 is 0.327 bits per heavy atom. The largest absolute Gasteiger partial charge is 0.457 e. The molecule has 8 aromatic rings. The van der Waals surface area contributed by atoms with Gasteiger partial charge in [0.25, 0.3) is 0 Å². The molecule has 52 heavy (non-hydrogen) atoms. The third-order valence-electron chi connectivity index (χ3n) is 10.2. The van der Waals surface area contributed by atoms with Gasteiger partial charge in [0.05, 0.1) is 5.41 Å². The molecular weight excluding hydrogens is 635 g/mol. The van der Waals surface area contributed by atoms with Crippen LogP contribution in [-0.4, -0.2) is 15.0 Å². The van der Waals surface area contributed by atoms with E-state index in [-0.39, 0.29) is 0 Å². The summed E-state index contributed by atoms with van der Waals surface area (Å²) in [5, 5.41) is 0. The number of ether oxygens (including phenoxy) is 1. The van der Waals surface area contributed by atoms with Crippen LogP contribution in [0.15, 0.2) is 176 Å². The van der Waals surface area contributed by atoms with Gasteiger partial charge >= 0.3 is 0 Å². The zero-order chi connectivity index (χ0) is 34.5. The van der Waals surface area contributed by atoms with Crippen LogP contribution in [0.1, 0.15) is 33.4 Å². The molecule has 1 spiro atoms. The van der Waals surface area contributed by atoms with Gasteiger partial charge in [-0.05, 0) is 57.6 Å². The van der Waals surface area contributed by atoms with Crippen molar-refractivity contribution in [2.45, 2.75) is 5.41 Å². The van der Waals surface area contributed by atoms with Gasteiger partial charge in [0.2, 0.25) is 0 Å². The van der Waals surface area contributed by atoms with E-state index in [4.69, 9.17) is 19.7 Å². The Morgan fingerprint density at radius 2 is 0.808 bits per heavy atom. The van der Waals surface area contributed by atoms with E-state index in [1.54, 1.807) is 0 Å². The molecule has 7 aromatic carbocycles. The van der Waals surface area contributed by atoms with Gasteiger partial charge < -0.3 is 4.74 Å². The molecule has 0 saturated carbocycles. The monoisotopic (exact) mass is 665 g/mol. The van der Waals surface area contributed by atoms with Crippen molar-refractivity contribution in [2.24, 2.45) is 0 Å². The number of rotatable bonds is 4. The molecule has 0 radical (unpaired) electrons. The predicted molar refractivity (Wildman–Crippen MR) is 209 cm³/mol. The maximum absolute atomic E-state index is 6.61. The average Bonchev–Trinajstić information content (AvgIpc) is 3.36. The Labute approximate surface area is 302 Å². The van der Waals surface area contributed by atoms with E-state index < -0.39 is 5.41 Å². The summed E-state index contributed by atoms with van der Waals surface area (Å²) in [4.78, 5) is 15.4. The minimum Gasteiger partial charge on any atom is -0.457 e. The SMILES string of the molecule is C1=Cc2ccc(-c3nc(-c4ccccc4)nc(-c4cccc(-c5ccccc5)c4)n3)cc2C2(c3ccccc31)c1ccccc1Oc1ccccc12. The average molecular weight is 666 g/mol. The van der Waals surface area contributed by atoms with Crippen LogP contribution in [0.4, 0.5) is 0 Å². The first kappa shape index (κ1) is 30.0. The Morgan fingerprint density at radius 3 is 1.48 bits per heavy atom. The molecule has 10 rings (SSSR count). The van der Waals surface area contributed by atoms with Gasteiger partial charge in [-0.2, -0.15) is 0 Å². The van der Waals surface area contributed by atoms with E-state index in [1.165, 1.54) is 11.1 Å². The first-order chi connectivity index (χ1) is 25.8. The lowest BCUT2D eigenvalue weighted by molar-refractivity contribution is 0.434. The maximum Gasteiger partial charge on any atom is 0.164 e. The Bertz CT molecular complexity index is 2620. The summed E-state index contributed by atoms with van der Waals surface area (Å²) in [6.07, 6.45) is 4.47. The summed E-state index contributed by atoms with van der Waals surface area (Å²) < 4.78 is 6.61. The number of nitrogens with zero attached hydrogens (tertiary/aromatic N) is 3. The van der Waals surface area contributed by atoms with Crippen LogP contribution in [0.25, 0.3) is 57.4 Å². The van der Waals surface area contributed by atoms with Crippen LogP contribution in [0, 0.1) is 0 Å². The molecule has 244 valence electrons. The number of para-hydroxylation sites is 2. The van der Waals surface area contributed by atoms with Crippen molar-refractivity contribution in [2.75, 3.05) is 0 Å². The van der Waals surface area contributed by atoms with Crippen molar-refractivity contribution in [3.63, 3.8) is 0 Å². The zero-order valence-electron chi connectivity index (χ0n) is 28.1. The number of benzene rings is 7. The highest BCUT2D eigenvalue weighted by atomic mass is 16.5. The lowest BCUT2D eigenvalue weighted by Gasteiger charge is -2.42. The Kier molecular flexibility index (Phi) is 7.00. The molecule has 4 nitrogen and oxygen atoms in total. The van der Waals surface area contributed by atoms with Crippen LogP contribution in [-0.2, 0) is 5.41 Å². The van der Waals surface area contributed by atoms with Crippen molar-refractivity contribution in [1.29, 1.82) is 0 Å². The summed E-state index contributed by atoms with van der Waals surface area (Å²) in [5.74, 6) is 3.56. The second-order valence-electron chi connectivity index (χ2n) is 13.2. The highest BCUT2D eigenvalue weighted by molar-refractivity contribution is 5.85. The van der Waals surface area contributed by atoms with Crippen LogP contribution >= 0.6 is 0 Å². The van der Waals surface area contributed by atoms with Gasteiger partial charge in [0.1, 0.15) is 11.5 Å². The fraction of sp³-hybridized carbons (Fsp3) is 0.0208. The van der Waals surface area contributed by atoms with Crippen molar-refractivity contribution in [3.05, 3.63) is 209 Å². The van der Waals surface area contributed by atoms with Crippen molar-refractivity contribution in [1.82, 2.24) is 15.0 Å². The topological polar surface area (TPSA) is 47.9 Å². The number of fused-ring (bicyclic) bond motifs is 8. The van der Waals surface area contributed by atoms with Crippen LogP contribution in [0.5, 0.6) is 11.5 Å². The lowest BCUT2D eigenvalue weighted by atomic mass is 9.62. The molecule has 4 heteroatoms. The summed E-state index contributed by atoms with van der Waals surface area (Å²) in [5.41, 5.74) is 11.2. The Hall–Kier alpha value is -6.91. The van der Waals surface area contributed by atoms with E-state index in [9.17, 15) is 0 Å². The van der Waals surface area contributed by atoms with Gasteiger partial charge in [-0.3, -0.25) is 0 Å². The number of hydrogen-bond acceptors (Lipinski definition) is 4. The van der Waals surface area contributed by atoms with Crippen LogP contribution in [0.2, 0.25) is 0 Å². The molecule has 1 aliphatic heterocycles. The molecule has 1 aliphatic carbocycles. The second-order valence-corrected chi connectivity index (χ2v) is 13.2. The molecule has 0 fully saturated rings. The van der Waals surface area contributed by atoms with Crippen LogP contribution in [0.3, 0.4) is 0 Å². The molecule has 1 aromatic heterocycles. The summed E-state index contributed by atoms with van der Waals surface area (Å²) in [6.45, 7) is 0. The molecule has 0 saturated heterocycles. The quantitative estimate of drug-likeness (QED) is 0.188. The number of aromatic nitrogens is 3. The van der Waals surface area contributed by atoms with Crippen molar-refractivity contribution in [3.8, 4) is 56.8 Å². The fourth-order valence-corrected chi connectivity index (χ4v) is 7.87. The molecule has 2 heterocycles. The highest BCUT2D eigenvalue weighted by Gasteiger charge is 2.47. The summed E-state index contributed by atoms with van der Waals surface area (Å²) in [6, 6.07) is 61.2. The predicted octanol–water partition coefficient (Wildman–Crippen LogP) is 11.5. The molecule has 0 amide bonds. The normalized spacial score (nSPS) is 13.2. The molecule has 0 atom stereocenters. The molecular formula is C48H31N3O. The number of hydrogen-bond donors (Lipinski definition) is 0. The zero-order valence-corrected chi connectivity index (χ0v) is 28.1. The molecule has 0 N–H and O–H groups in total. The first-order valence-electron chi connectivity index (χ1n) is 17.5. The first-order valence-corrected chi connectivity index (χ1v) is 17.5. The van der Waals surface area contributed by atoms with E-state index in [0.717, 1.165) is 61.6 Å². The van der Waals surface area contributed by atoms with Crippen molar-refractivity contribution >= 4 is 12.2 Å². The fourth-order valence-electron chi connectivity index (χ4n) is 7.87. The second kappa shape index (κ2) is 12.1. The summed E-state index contributed by atoms with van der Waals surface area (Å²) in [7, 11) is 0. The van der Waals surface area contributed by atoms with E-state index in [2.05, 4.69) is 140 Å². The van der Waals surface area contributed by atoms with E-state index in [0.29, 0.717) is 17.5 Å². The van der Waals surface area contributed by atoms with Gasteiger partial charge in [-0.25, -0.2) is 15.0 Å². The minimum absolute atomic E-state index is 0.613. The lowest BCUT2D eigenvalue weighted by Crippen LogP contribution is -2.35. The third-order valence-corrected chi connectivity index (χ3v) is 10.2. The van der Waals surface area contributed by atoms with Gasteiger partial charge in [-0.15, -0.1) is 0 Å². The smallest absolute Gasteiger partial charge is 0.164 e. The van der Waals surface area contributed by atoms with E-state index in [1.807, 2.05) is 48.5 Å². The van der Waals surface area contributed by atoms with E-state index >= 15 is 0 Å². The third kappa shape index (κ3) is 4.80. The molecule has 0 bridgehead atoms. The minimum atomic E-state index is -0.668. The summed E-state index contributed by atoms with van der Waals surface area (Å²) >= 11 is 0. The molecule has 0 unspecified atom stereocenters. The Balaban J connectivity index is 1.23. The maximum atomic E-state index is 6.61. The van der Waals surface area contributed by atoms with Gasteiger partial charge in [-0.1, -0.05) is 164 Å². The standard InChI is InChI=1S/C48H31N3O/c1-3-14-32(15-4-1)36-19-13-20-37(30-36)46-49-45(35-17-5-2-6-18-35)50-47(51-46)38-29-28-34-27-26-33-16-7-8-21-39(33)48(42(34)31-38)40-22-9-11-24-43(40)52-44-25-12-10-23-41(44)48/h1-31H. The molecule has 2 aliphatic rings.